The normalized spacial score (nSPS) is 11.8. The zero-order chi connectivity index (χ0) is 15.4. The fourth-order valence-corrected chi connectivity index (χ4v) is 2.23. The molecule has 2 rings (SSSR count). The van der Waals surface area contributed by atoms with Gasteiger partial charge in [-0.3, -0.25) is 4.79 Å². The molecule has 0 aliphatic carbocycles. The van der Waals surface area contributed by atoms with Gasteiger partial charge in [0.2, 0.25) is 0 Å². The Morgan fingerprint density at radius 2 is 1.76 bits per heavy atom. The van der Waals surface area contributed by atoms with Gasteiger partial charge in [0, 0.05) is 5.56 Å². The Morgan fingerprint density at radius 3 is 2.38 bits per heavy atom. The molecule has 0 saturated heterocycles. The number of aryl methyl sites for hydroxylation is 2. The highest BCUT2D eigenvalue weighted by Gasteiger charge is 2.13. The van der Waals surface area contributed by atoms with Crippen LogP contribution in [0.4, 0.5) is 0 Å². The number of carbonyl (C=O) groups is 1. The van der Waals surface area contributed by atoms with Crippen molar-refractivity contribution < 1.29 is 9.53 Å². The molecule has 0 bridgehead atoms. The summed E-state index contributed by atoms with van der Waals surface area (Å²) in [5, 5.41) is 3.04. The molecular weight excluding hydrogens is 262 g/mol. The van der Waals surface area contributed by atoms with Crippen LogP contribution in [0.2, 0.25) is 0 Å². The first-order chi connectivity index (χ1) is 10.0. The van der Waals surface area contributed by atoms with Crippen molar-refractivity contribution in [1.29, 1.82) is 0 Å². The van der Waals surface area contributed by atoms with E-state index in [1.807, 2.05) is 63.2 Å². The van der Waals surface area contributed by atoms with Crippen LogP contribution in [0, 0.1) is 13.8 Å². The van der Waals surface area contributed by atoms with E-state index in [-0.39, 0.29) is 11.9 Å². The maximum absolute atomic E-state index is 12.4. The van der Waals surface area contributed by atoms with Gasteiger partial charge < -0.3 is 10.1 Å². The third-order valence-electron chi connectivity index (χ3n) is 3.60. The van der Waals surface area contributed by atoms with E-state index >= 15 is 0 Å². The lowest BCUT2D eigenvalue weighted by molar-refractivity contribution is 0.0939. The minimum atomic E-state index is -0.0525. The molecule has 3 nitrogen and oxygen atoms in total. The van der Waals surface area contributed by atoms with Crippen LogP contribution in [0.3, 0.4) is 0 Å². The maximum atomic E-state index is 12.4. The first kappa shape index (κ1) is 15.1. The van der Waals surface area contributed by atoms with Gasteiger partial charge in [-0.15, -0.1) is 0 Å². The molecule has 2 aromatic carbocycles. The fourth-order valence-electron chi connectivity index (χ4n) is 2.23. The van der Waals surface area contributed by atoms with E-state index in [1.165, 1.54) is 0 Å². The molecule has 3 heteroatoms. The third-order valence-corrected chi connectivity index (χ3v) is 3.60. The number of nitrogens with one attached hydrogen (secondary N) is 1. The minimum absolute atomic E-state index is 0.0421. The monoisotopic (exact) mass is 283 g/mol. The second-order valence-corrected chi connectivity index (χ2v) is 5.29. The van der Waals surface area contributed by atoms with Gasteiger partial charge >= 0.3 is 0 Å². The quantitative estimate of drug-likeness (QED) is 0.926. The van der Waals surface area contributed by atoms with Gasteiger partial charge in [-0.05, 0) is 50.1 Å². The van der Waals surface area contributed by atoms with Crippen LogP contribution in [0.15, 0.2) is 42.5 Å². The fraction of sp³-hybridized carbons (Fsp3) is 0.278. The molecule has 0 fully saturated rings. The molecule has 1 atom stereocenters. The first-order valence-corrected chi connectivity index (χ1v) is 7.03. The zero-order valence-corrected chi connectivity index (χ0v) is 12.9. The summed E-state index contributed by atoms with van der Waals surface area (Å²) in [4.78, 5) is 12.4. The van der Waals surface area contributed by atoms with Crippen LogP contribution < -0.4 is 10.1 Å². The van der Waals surface area contributed by atoms with Gasteiger partial charge in [-0.1, -0.05) is 29.8 Å². The number of hydrogen-bond acceptors (Lipinski definition) is 2. The third kappa shape index (κ3) is 3.63. The molecule has 2 aromatic rings. The standard InChI is InChI=1S/C18H21NO2/c1-12-5-6-13(2)17(11-12)18(20)19-14(3)15-7-9-16(21-4)10-8-15/h5-11,14H,1-4H3,(H,19,20)/t14-/m0/s1. The summed E-state index contributed by atoms with van der Waals surface area (Å²) in [7, 11) is 1.64. The molecular formula is C18H21NO2. The number of amides is 1. The summed E-state index contributed by atoms with van der Waals surface area (Å²) in [6.07, 6.45) is 0. The summed E-state index contributed by atoms with van der Waals surface area (Å²) < 4.78 is 5.14. The molecule has 1 amide bonds. The molecule has 0 aromatic heterocycles. The molecule has 0 saturated carbocycles. The Bertz CT molecular complexity index is 632. The predicted molar refractivity (Wildman–Crippen MR) is 84.8 cm³/mol. The second-order valence-electron chi connectivity index (χ2n) is 5.29. The molecule has 0 spiro atoms. The highest BCUT2D eigenvalue weighted by molar-refractivity contribution is 5.96. The number of benzene rings is 2. The van der Waals surface area contributed by atoms with E-state index in [0.29, 0.717) is 0 Å². The minimum Gasteiger partial charge on any atom is -0.497 e. The van der Waals surface area contributed by atoms with Crippen molar-refractivity contribution in [1.82, 2.24) is 5.32 Å². The molecule has 0 radical (unpaired) electrons. The maximum Gasteiger partial charge on any atom is 0.252 e. The van der Waals surface area contributed by atoms with Gasteiger partial charge in [0.15, 0.2) is 0 Å². The van der Waals surface area contributed by atoms with Crippen molar-refractivity contribution in [3.05, 3.63) is 64.7 Å². The number of rotatable bonds is 4. The second kappa shape index (κ2) is 6.44. The summed E-state index contributed by atoms with van der Waals surface area (Å²) in [6, 6.07) is 13.6. The Hall–Kier alpha value is -2.29. The number of carbonyl (C=O) groups excluding carboxylic acids is 1. The van der Waals surface area contributed by atoms with Crippen LogP contribution >= 0.6 is 0 Å². The van der Waals surface area contributed by atoms with Crippen LogP contribution in [-0.4, -0.2) is 13.0 Å². The van der Waals surface area contributed by atoms with E-state index in [1.54, 1.807) is 7.11 Å². The smallest absolute Gasteiger partial charge is 0.252 e. The van der Waals surface area contributed by atoms with Crippen molar-refractivity contribution in [3.8, 4) is 5.75 Å². The first-order valence-electron chi connectivity index (χ1n) is 7.03. The summed E-state index contributed by atoms with van der Waals surface area (Å²) in [6.45, 7) is 5.92. The van der Waals surface area contributed by atoms with Crippen LogP contribution in [0.25, 0.3) is 0 Å². The van der Waals surface area contributed by atoms with Gasteiger partial charge in [-0.2, -0.15) is 0 Å². The highest BCUT2D eigenvalue weighted by Crippen LogP contribution is 2.18. The SMILES string of the molecule is COc1ccc([C@H](C)NC(=O)c2cc(C)ccc2C)cc1. The lowest BCUT2D eigenvalue weighted by Crippen LogP contribution is -2.27. The van der Waals surface area contributed by atoms with Crippen molar-refractivity contribution >= 4 is 5.91 Å². The summed E-state index contributed by atoms with van der Waals surface area (Å²) in [5.41, 5.74) is 3.85. The number of methoxy groups -OCH3 is 1. The Balaban J connectivity index is 2.12. The van der Waals surface area contributed by atoms with Crippen LogP contribution in [0.5, 0.6) is 5.75 Å². The van der Waals surface area contributed by atoms with Crippen molar-refractivity contribution in [3.63, 3.8) is 0 Å². The predicted octanol–water partition coefficient (Wildman–Crippen LogP) is 3.80. The number of ether oxygens (including phenoxy) is 1. The van der Waals surface area contributed by atoms with Crippen LogP contribution in [0.1, 0.15) is 40.0 Å². The Morgan fingerprint density at radius 1 is 1.10 bits per heavy atom. The van der Waals surface area contributed by atoms with Gasteiger partial charge in [-0.25, -0.2) is 0 Å². The average Bonchev–Trinajstić information content (AvgIpc) is 2.49. The summed E-state index contributed by atoms with van der Waals surface area (Å²) in [5.74, 6) is 0.770. The Kier molecular flexibility index (Phi) is 4.63. The lowest BCUT2D eigenvalue weighted by Gasteiger charge is -2.16. The van der Waals surface area contributed by atoms with E-state index in [0.717, 1.165) is 28.0 Å². The zero-order valence-electron chi connectivity index (χ0n) is 12.9. The molecule has 0 unspecified atom stereocenters. The van der Waals surface area contributed by atoms with E-state index < -0.39 is 0 Å². The molecule has 0 aliphatic rings. The van der Waals surface area contributed by atoms with Gasteiger partial charge in [0.1, 0.15) is 5.75 Å². The molecule has 0 heterocycles. The topological polar surface area (TPSA) is 38.3 Å². The highest BCUT2D eigenvalue weighted by atomic mass is 16.5. The summed E-state index contributed by atoms with van der Waals surface area (Å²) >= 11 is 0. The average molecular weight is 283 g/mol. The van der Waals surface area contributed by atoms with Gasteiger partial charge in [0.05, 0.1) is 13.2 Å². The van der Waals surface area contributed by atoms with Crippen molar-refractivity contribution in [2.24, 2.45) is 0 Å². The Labute approximate surface area is 126 Å². The molecule has 0 aliphatic heterocycles. The molecule has 1 N–H and O–H groups in total. The van der Waals surface area contributed by atoms with Gasteiger partial charge in [0.25, 0.3) is 5.91 Å². The molecule has 110 valence electrons. The van der Waals surface area contributed by atoms with Crippen molar-refractivity contribution in [2.45, 2.75) is 26.8 Å². The largest absolute Gasteiger partial charge is 0.497 e. The van der Waals surface area contributed by atoms with Crippen molar-refractivity contribution in [2.75, 3.05) is 7.11 Å². The number of hydrogen-bond donors (Lipinski definition) is 1. The lowest BCUT2D eigenvalue weighted by atomic mass is 10.0. The molecule has 21 heavy (non-hydrogen) atoms. The van der Waals surface area contributed by atoms with E-state index in [4.69, 9.17) is 4.74 Å². The van der Waals surface area contributed by atoms with E-state index in [9.17, 15) is 4.79 Å². The van der Waals surface area contributed by atoms with E-state index in [2.05, 4.69) is 5.32 Å². The van der Waals surface area contributed by atoms with Crippen LogP contribution in [-0.2, 0) is 0 Å².